The lowest BCUT2D eigenvalue weighted by Gasteiger charge is -2.35. The first-order chi connectivity index (χ1) is 9.09. The third kappa shape index (κ3) is 4.54. The van der Waals surface area contributed by atoms with Gasteiger partial charge in [-0.2, -0.15) is 0 Å². The monoisotopic (exact) mass is 261 g/mol. The van der Waals surface area contributed by atoms with Crippen molar-refractivity contribution in [3.63, 3.8) is 0 Å². The van der Waals surface area contributed by atoms with Gasteiger partial charge in [-0.1, -0.05) is 32.4 Å². The molecule has 1 N–H and O–H groups in total. The Morgan fingerprint density at radius 2 is 2.21 bits per heavy atom. The molecule has 0 heterocycles. The average molecular weight is 261 g/mol. The van der Waals surface area contributed by atoms with Crippen molar-refractivity contribution >= 4 is 0 Å². The van der Waals surface area contributed by atoms with Gasteiger partial charge in [-0.05, 0) is 49.3 Å². The molecule has 0 amide bonds. The SMILES string of the molecule is CCOc1cccc(CNC2CCCC(C)(C)C2)c1. The minimum atomic E-state index is 0.503. The maximum absolute atomic E-state index is 5.54. The third-order valence-corrected chi connectivity index (χ3v) is 4.01. The first-order valence-corrected chi connectivity index (χ1v) is 7.54. The van der Waals surface area contributed by atoms with Crippen LogP contribution in [-0.2, 0) is 6.54 Å². The molecule has 0 bridgehead atoms. The standard InChI is InChI=1S/C17H27NO/c1-4-19-16-9-5-7-14(11-16)13-18-15-8-6-10-17(2,3)12-15/h5,7,9,11,15,18H,4,6,8,10,12-13H2,1-3H3. The highest BCUT2D eigenvalue weighted by atomic mass is 16.5. The predicted molar refractivity (Wildman–Crippen MR) is 80.5 cm³/mol. The van der Waals surface area contributed by atoms with E-state index in [0.717, 1.165) is 18.9 Å². The summed E-state index contributed by atoms with van der Waals surface area (Å²) in [4.78, 5) is 0. The van der Waals surface area contributed by atoms with Crippen molar-refractivity contribution in [3.8, 4) is 5.75 Å². The zero-order valence-electron chi connectivity index (χ0n) is 12.5. The second-order valence-corrected chi connectivity index (χ2v) is 6.42. The summed E-state index contributed by atoms with van der Waals surface area (Å²) >= 11 is 0. The van der Waals surface area contributed by atoms with Crippen LogP contribution in [0.25, 0.3) is 0 Å². The van der Waals surface area contributed by atoms with E-state index in [1.54, 1.807) is 0 Å². The van der Waals surface area contributed by atoms with Crippen molar-refractivity contribution in [2.45, 2.75) is 59.0 Å². The molecule has 0 radical (unpaired) electrons. The van der Waals surface area contributed by atoms with Crippen molar-refractivity contribution < 1.29 is 4.74 Å². The molecule has 106 valence electrons. The Kier molecular flexibility index (Phi) is 4.87. The quantitative estimate of drug-likeness (QED) is 0.860. The van der Waals surface area contributed by atoms with Crippen molar-refractivity contribution in [2.24, 2.45) is 5.41 Å². The van der Waals surface area contributed by atoms with Gasteiger partial charge in [0.05, 0.1) is 6.61 Å². The fourth-order valence-corrected chi connectivity index (χ4v) is 3.05. The maximum atomic E-state index is 5.54. The lowest BCUT2D eigenvalue weighted by Crippen LogP contribution is -2.36. The molecule has 2 nitrogen and oxygen atoms in total. The molecule has 1 atom stereocenters. The summed E-state index contributed by atoms with van der Waals surface area (Å²) in [5.74, 6) is 0.978. The molecule has 0 spiro atoms. The molecule has 0 aromatic heterocycles. The first kappa shape index (κ1) is 14.4. The van der Waals surface area contributed by atoms with Crippen LogP contribution < -0.4 is 10.1 Å². The highest BCUT2D eigenvalue weighted by Crippen LogP contribution is 2.35. The van der Waals surface area contributed by atoms with Gasteiger partial charge in [0.25, 0.3) is 0 Å². The Morgan fingerprint density at radius 1 is 1.37 bits per heavy atom. The summed E-state index contributed by atoms with van der Waals surface area (Å²) in [5, 5.41) is 3.71. The highest BCUT2D eigenvalue weighted by molar-refractivity contribution is 5.28. The summed E-state index contributed by atoms with van der Waals surface area (Å²) in [6.07, 6.45) is 5.32. The molecule has 1 aliphatic carbocycles. The first-order valence-electron chi connectivity index (χ1n) is 7.54. The number of hydrogen-bond donors (Lipinski definition) is 1. The third-order valence-electron chi connectivity index (χ3n) is 4.01. The van der Waals surface area contributed by atoms with E-state index in [2.05, 4.69) is 37.4 Å². The van der Waals surface area contributed by atoms with Crippen LogP contribution >= 0.6 is 0 Å². The minimum Gasteiger partial charge on any atom is -0.494 e. The average Bonchev–Trinajstić information content (AvgIpc) is 2.36. The lowest BCUT2D eigenvalue weighted by molar-refractivity contribution is 0.197. The molecule has 1 saturated carbocycles. The van der Waals surface area contributed by atoms with Gasteiger partial charge in [0.2, 0.25) is 0 Å². The topological polar surface area (TPSA) is 21.3 Å². The molecule has 1 aromatic carbocycles. The van der Waals surface area contributed by atoms with E-state index in [4.69, 9.17) is 4.74 Å². The van der Waals surface area contributed by atoms with Gasteiger partial charge >= 0.3 is 0 Å². The smallest absolute Gasteiger partial charge is 0.119 e. The second-order valence-electron chi connectivity index (χ2n) is 6.42. The molecule has 2 rings (SSSR count). The Bertz CT molecular complexity index is 400. The van der Waals surface area contributed by atoms with Crippen LogP contribution in [0.5, 0.6) is 5.75 Å². The molecule has 1 aliphatic rings. The van der Waals surface area contributed by atoms with E-state index in [0.29, 0.717) is 11.5 Å². The number of rotatable bonds is 5. The summed E-state index contributed by atoms with van der Waals surface area (Å²) in [5.41, 5.74) is 1.82. The van der Waals surface area contributed by atoms with Crippen molar-refractivity contribution in [1.82, 2.24) is 5.32 Å². The molecule has 2 heteroatoms. The van der Waals surface area contributed by atoms with E-state index in [1.165, 1.54) is 31.2 Å². The number of nitrogens with one attached hydrogen (secondary N) is 1. The fourth-order valence-electron chi connectivity index (χ4n) is 3.05. The highest BCUT2D eigenvalue weighted by Gasteiger charge is 2.27. The van der Waals surface area contributed by atoms with Gasteiger partial charge < -0.3 is 10.1 Å². The van der Waals surface area contributed by atoms with Crippen molar-refractivity contribution in [2.75, 3.05) is 6.61 Å². The van der Waals surface area contributed by atoms with Gasteiger partial charge in [-0.3, -0.25) is 0 Å². The van der Waals surface area contributed by atoms with Crippen LogP contribution in [-0.4, -0.2) is 12.6 Å². The number of benzene rings is 1. The predicted octanol–water partition coefficient (Wildman–Crippen LogP) is 4.14. The van der Waals surface area contributed by atoms with Crippen LogP contribution in [0.3, 0.4) is 0 Å². The van der Waals surface area contributed by atoms with Crippen molar-refractivity contribution in [1.29, 1.82) is 0 Å². The van der Waals surface area contributed by atoms with Crippen LogP contribution in [0.2, 0.25) is 0 Å². The molecule has 1 fully saturated rings. The molecular formula is C17H27NO. The summed E-state index contributed by atoms with van der Waals surface area (Å²) in [6, 6.07) is 9.08. The van der Waals surface area contributed by atoms with Crippen LogP contribution in [0.15, 0.2) is 24.3 Å². The zero-order chi connectivity index (χ0) is 13.7. The number of hydrogen-bond acceptors (Lipinski definition) is 2. The van der Waals surface area contributed by atoms with Gasteiger partial charge in [-0.15, -0.1) is 0 Å². The summed E-state index contributed by atoms with van der Waals surface area (Å²) in [7, 11) is 0. The van der Waals surface area contributed by atoms with E-state index < -0.39 is 0 Å². The van der Waals surface area contributed by atoms with Crippen LogP contribution in [0, 0.1) is 5.41 Å². The van der Waals surface area contributed by atoms with Gasteiger partial charge in [0.15, 0.2) is 0 Å². The Morgan fingerprint density at radius 3 is 2.95 bits per heavy atom. The van der Waals surface area contributed by atoms with Gasteiger partial charge in [-0.25, -0.2) is 0 Å². The van der Waals surface area contributed by atoms with E-state index in [9.17, 15) is 0 Å². The zero-order valence-corrected chi connectivity index (χ0v) is 12.5. The largest absolute Gasteiger partial charge is 0.494 e. The van der Waals surface area contributed by atoms with E-state index >= 15 is 0 Å². The molecule has 0 saturated heterocycles. The van der Waals surface area contributed by atoms with E-state index in [1.807, 2.05) is 13.0 Å². The Hall–Kier alpha value is -1.02. The Balaban J connectivity index is 1.86. The normalized spacial score (nSPS) is 22.2. The summed E-state index contributed by atoms with van der Waals surface area (Å²) in [6.45, 7) is 8.47. The van der Waals surface area contributed by atoms with E-state index in [-0.39, 0.29) is 0 Å². The summed E-state index contributed by atoms with van der Waals surface area (Å²) < 4.78 is 5.54. The molecular weight excluding hydrogens is 234 g/mol. The Labute approximate surface area is 117 Å². The van der Waals surface area contributed by atoms with Crippen molar-refractivity contribution in [3.05, 3.63) is 29.8 Å². The maximum Gasteiger partial charge on any atom is 0.119 e. The fraction of sp³-hybridized carbons (Fsp3) is 0.647. The minimum absolute atomic E-state index is 0.503. The van der Waals surface area contributed by atoms with Gasteiger partial charge in [0, 0.05) is 12.6 Å². The van der Waals surface area contributed by atoms with Crippen LogP contribution in [0.4, 0.5) is 0 Å². The van der Waals surface area contributed by atoms with Crippen LogP contribution in [0.1, 0.15) is 52.0 Å². The lowest BCUT2D eigenvalue weighted by atomic mass is 9.75. The van der Waals surface area contributed by atoms with Gasteiger partial charge in [0.1, 0.15) is 5.75 Å². The second kappa shape index (κ2) is 6.42. The molecule has 1 aromatic rings. The molecule has 0 aliphatic heterocycles. The number of ether oxygens (including phenoxy) is 1. The molecule has 1 unspecified atom stereocenters. The molecule has 19 heavy (non-hydrogen) atoms.